The Morgan fingerprint density at radius 3 is 2.00 bits per heavy atom. The lowest BCUT2D eigenvalue weighted by Crippen LogP contribution is -2.43. The topological polar surface area (TPSA) is 9.23 Å². The van der Waals surface area contributed by atoms with Crippen molar-refractivity contribution in [1.29, 1.82) is 0 Å². The first-order valence-electron chi connectivity index (χ1n) is 4.88. The molecule has 0 rings (SSSR count). The summed E-state index contributed by atoms with van der Waals surface area (Å²) in [6.07, 6.45) is -4.82. The second-order valence-corrected chi connectivity index (χ2v) is 13.2. The van der Waals surface area contributed by atoms with Gasteiger partial charge in [0.25, 0.3) is 0 Å². The predicted octanol–water partition coefficient (Wildman–Crippen LogP) is 4.09. The number of halogens is 3. The standard InChI is InChI=1S/C9H19F3OSi2/c1-6-14(2,3)13-15(4,5)8-7-9(10,11)12/h6H,1,7-8H2,2-5H3. The monoisotopic (exact) mass is 256 g/mol. The normalized spacial score (nSPS) is 14.1. The lowest BCUT2D eigenvalue weighted by Gasteiger charge is -2.32. The second-order valence-electron chi connectivity index (χ2n) is 4.78. The SMILES string of the molecule is C=C[Si](C)(C)O[Si](C)(C)CCC(F)(F)F. The third-order valence-corrected chi connectivity index (χ3v) is 8.79. The lowest BCUT2D eigenvalue weighted by molar-refractivity contribution is -0.131. The zero-order chi connectivity index (χ0) is 12.3. The summed E-state index contributed by atoms with van der Waals surface area (Å²) >= 11 is 0. The molecular formula is C9H19F3OSi2. The number of hydrogen-bond donors (Lipinski definition) is 0. The number of hydrogen-bond acceptors (Lipinski definition) is 1. The molecule has 15 heavy (non-hydrogen) atoms. The van der Waals surface area contributed by atoms with Crippen molar-refractivity contribution < 1.29 is 17.3 Å². The van der Waals surface area contributed by atoms with Crippen LogP contribution in [0.15, 0.2) is 12.3 Å². The van der Waals surface area contributed by atoms with E-state index in [4.69, 9.17) is 4.12 Å². The van der Waals surface area contributed by atoms with Crippen molar-refractivity contribution >= 4 is 16.6 Å². The summed E-state index contributed by atoms with van der Waals surface area (Å²) in [5.41, 5.74) is 1.76. The highest BCUT2D eigenvalue weighted by molar-refractivity contribution is 6.87. The van der Waals surface area contributed by atoms with Crippen LogP contribution < -0.4 is 0 Å². The molecule has 0 spiro atoms. The molecule has 0 saturated carbocycles. The van der Waals surface area contributed by atoms with E-state index in [2.05, 4.69) is 6.58 Å². The minimum atomic E-state index is -4.08. The van der Waals surface area contributed by atoms with Gasteiger partial charge >= 0.3 is 6.18 Å². The molecular weight excluding hydrogens is 237 g/mol. The van der Waals surface area contributed by atoms with E-state index in [0.717, 1.165) is 0 Å². The first-order valence-corrected chi connectivity index (χ1v) is 11.0. The number of rotatable bonds is 5. The van der Waals surface area contributed by atoms with Crippen LogP contribution in [0.1, 0.15) is 6.42 Å². The molecule has 0 aliphatic carbocycles. The van der Waals surface area contributed by atoms with E-state index in [9.17, 15) is 13.2 Å². The van der Waals surface area contributed by atoms with Crippen LogP contribution in [0.4, 0.5) is 13.2 Å². The van der Waals surface area contributed by atoms with E-state index in [-0.39, 0.29) is 6.04 Å². The van der Waals surface area contributed by atoms with Crippen molar-refractivity contribution in [2.75, 3.05) is 0 Å². The third kappa shape index (κ3) is 7.81. The second kappa shape index (κ2) is 4.84. The van der Waals surface area contributed by atoms with Gasteiger partial charge in [-0.3, -0.25) is 0 Å². The average Bonchev–Trinajstić information content (AvgIpc) is 1.98. The minimum Gasteiger partial charge on any atom is -0.453 e. The Labute approximate surface area is 91.6 Å². The van der Waals surface area contributed by atoms with Crippen LogP contribution >= 0.6 is 0 Å². The predicted molar refractivity (Wildman–Crippen MR) is 61.7 cm³/mol. The third-order valence-electron chi connectivity index (χ3n) is 2.04. The van der Waals surface area contributed by atoms with Gasteiger partial charge in [-0.1, -0.05) is 5.70 Å². The van der Waals surface area contributed by atoms with Crippen LogP contribution in [-0.2, 0) is 4.12 Å². The van der Waals surface area contributed by atoms with Gasteiger partial charge in [0.15, 0.2) is 16.6 Å². The molecule has 0 amide bonds. The van der Waals surface area contributed by atoms with Crippen molar-refractivity contribution in [3.63, 3.8) is 0 Å². The van der Waals surface area contributed by atoms with E-state index < -0.39 is 29.2 Å². The molecule has 0 atom stereocenters. The van der Waals surface area contributed by atoms with Gasteiger partial charge in [-0.2, -0.15) is 13.2 Å². The maximum atomic E-state index is 12.1. The molecule has 0 unspecified atom stereocenters. The summed E-state index contributed by atoms with van der Waals surface area (Å²) < 4.78 is 42.0. The molecule has 1 nitrogen and oxygen atoms in total. The maximum absolute atomic E-state index is 12.1. The molecule has 0 aromatic heterocycles. The van der Waals surface area contributed by atoms with Gasteiger partial charge in [0.2, 0.25) is 0 Å². The van der Waals surface area contributed by atoms with Crippen LogP contribution in [0.5, 0.6) is 0 Å². The van der Waals surface area contributed by atoms with Crippen molar-refractivity contribution in [3.05, 3.63) is 12.3 Å². The quantitative estimate of drug-likeness (QED) is 0.673. The summed E-state index contributed by atoms with van der Waals surface area (Å²) in [5.74, 6) is 0. The van der Waals surface area contributed by atoms with E-state index in [1.807, 2.05) is 26.2 Å². The molecule has 0 saturated heterocycles. The Hall–Kier alpha value is -0.0762. The van der Waals surface area contributed by atoms with Gasteiger partial charge < -0.3 is 4.12 Å². The van der Waals surface area contributed by atoms with Crippen LogP contribution in [0.2, 0.25) is 32.2 Å². The fourth-order valence-corrected chi connectivity index (χ4v) is 8.57. The maximum Gasteiger partial charge on any atom is 0.388 e. The summed E-state index contributed by atoms with van der Waals surface area (Å²) in [5, 5.41) is 0. The van der Waals surface area contributed by atoms with Gasteiger partial charge in [-0.25, -0.2) is 0 Å². The molecule has 90 valence electrons. The molecule has 0 bridgehead atoms. The summed E-state index contributed by atoms with van der Waals surface area (Å²) in [7, 11) is -4.15. The van der Waals surface area contributed by atoms with Crippen LogP contribution in [-0.4, -0.2) is 22.8 Å². The molecule has 0 fully saturated rings. The van der Waals surface area contributed by atoms with Crippen LogP contribution in [0.3, 0.4) is 0 Å². The molecule has 0 radical (unpaired) electrons. The largest absolute Gasteiger partial charge is 0.453 e. The Morgan fingerprint density at radius 1 is 1.20 bits per heavy atom. The molecule has 0 N–H and O–H groups in total. The van der Waals surface area contributed by atoms with Crippen molar-refractivity contribution in [2.24, 2.45) is 0 Å². The first-order chi connectivity index (χ1) is 6.47. The Morgan fingerprint density at radius 2 is 1.67 bits per heavy atom. The van der Waals surface area contributed by atoms with Gasteiger partial charge in [-0.15, -0.1) is 6.58 Å². The van der Waals surface area contributed by atoms with Gasteiger partial charge in [0, 0.05) is 6.42 Å². The summed E-state index contributed by atoms with van der Waals surface area (Å²) in [6, 6.07) is 0.126. The van der Waals surface area contributed by atoms with Crippen molar-refractivity contribution in [2.45, 2.75) is 44.8 Å². The zero-order valence-electron chi connectivity index (χ0n) is 9.74. The zero-order valence-corrected chi connectivity index (χ0v) is 11.7. The Balaban J connectivity index is 4.25. The lowest BCUT2D eigenvalue weighted by atomic mass is 10.5. The smallest absolute Gasteiger partial charge is 0.388 e. The van der Waals surface area contributed by atoms with E-state index in [0.29, 0.717) is 0 Å². The summed E-state index contributed by atoms with van der Waals surface area (Å²) in [4.78, 5) is 0. The van der Waals surface area contributed by atoms with Crippen molar-refractivity contribution in [1.82, 2.24) is 0 Å². The molecule has 0 aromatic carbocycles. The van der Waals surface area contributed by atoms with Gasteiger partial charge in [-0.05, 0) is 32.2 Å². The van der Waals surface area contributed by atoms with E-state index in [1.165, 1.54) is 0 Å². The Bertz CT molecular complexity index is 224. The highest BCUT2D eigenvalue weighted by atomic mass is 28.4. The van der Waals surface area contributed by atoms with Crippen LogP contribution in [0.25, 0.3) is 0 Å². The van der Waals surface area contributed by atoms with Gasteiger partial charge in [0.1, 0.15) is 0 Å². The highest BCUT2D eigenvalue weighted by Gasteiger charge is 2.36. The first kappa shape index (κ1) is 14.9. The van der Waals surface area contributed by atoms with Crippen molar-refractivity contribution in [3.8, 4) is 0 Å². The molecule has 6 heteroatoms. The number of alkyl halides is 3. The fraction of sp³-hybridized carbons (Fsp3) is 0.778. The Kier molecular flexibility index (Phi) is 4.81. The molecule has 0 aliphatic heterocycles. The van der Waals surface area contributed by atoms with Crippen LogP contribution in [0, 0.1) is 0 Å². The minimum absolute atomic E-state index is 0.126. The fourth-order valence-electron chi connectivity index (χ4n) is 1.25. The van der Waals surface area contributed by atoms with E-state index in [1.54, 1.807) is 5.70 Å². The average molecular weight is 256 g/mol. The van der Waals surface area contributed by atoms with Gasteiger partial charge in [0.05, 0.1) is 0 Å². The molecule has 0 aromatic rings. The molecule has 0 heterocycles. The van der Waals surface area contributed by atoms with E-state index >= 15 is 0 Å². The highest BCUT2D eigenvalue weighted by Crippen LogP contribution is 2.28. The molecule has 0 aliphatic rings. The summed E-state index contributed by atoms with van der Waals surface area (Å²) in [6.45, 7) is 11.2.